The normalized spacial score (nSPS) is 10.4. The lowest BCUT2D eigenvalue weighted by molar-refractivity contribution is 0.0595. The van der Waals surface area contributed by atoms with Gasteiger partial charge in [-0.25, -0.2) is 13.6 Å². The molecule has 1 heterocycles. The van der Waals surface area contributed by atoms with Crippen LogP contribution in [-0.2, 0) is 11.3 Å². The Balaban J connectivity index is 2.42. The van der Waals surface area contributed by atoms with Crippen molar-refractivity contribution in [3.63, 3.8) is 0 Å². The van der Waals surface area contributed by atoms with E-state index in [1.54, 1.807) is 0 Å². The molecule has 5 nitrogen and oxygen atoms in total. The number of phenols is 1. The third-order valence-corrected chi connectivity index (χ3v) is 2.86. The second-order valence-corrected chi connectivity index (χ2v) is 4.27. The van der Waals surface area contributed by atoms with E-state index >= 15 is 0 Å². The molecule has 0 spiro atoms. The summed E-state index contributed by atoms with van der Waals surface area (Å²) in [6, 6.07) is 3.82. The number of carbonyl (C=O) groups excluding carboxylic acids is 1. The largest absolute Gasteiger partial charge is 0.508 e. The van der Waals surface area contributed by atoms with Crippen LogP contribution in [0.5, 0.6) is 5.75 Å². The predicted octanol–water partition coefficient (Wildman–Crippen LogP) is 1.67. The number of phenolic OH excluding ortho intramolecular Hbond substituents is 1. The highest BCUT2D eigenvalue weighted by Crippen LogP contribution is 2.23. The Morgan fingerprint density at radius 2 is 2.05 bits per heavy atom. The lowest BCUT2D eigenvalue weighted by Crippen LogP contribution is -2.19. The van der Waals surface area contributed by atoms with Gasteiger partial charge in [0.1, 0.15) is 17.4 Å². The van der Waals surface area contributed by atoms with Gasteiger partial charge in [0.2, 0.25) is 0 Å². The van der Waals surface area contributed by atoms with Crippen LogP contribution in [0.2, 0.25) is 0 Å². The molecule has 0 unspecified atom stereocenters. The molecule has 2 rings (SSSR count). The minimum atomic E-state index is -0.933. The number of aromatic nitrogens is 1. The van der Waals surface area contributed by atoms with Gasteiger partial charge in [-0.05, 0) is 18.2 Å². The van der Waals surface area contributed by atoms with Gasteiger partial charge in [-0.1, -0.05) is 0 Å². The van der Waals surface area contributed by atoms with Crippen molar-refractivity contribution in [2.75, 3.05) is 7.11 Å². The number of ether oxygens (including phenoxy) is 1. The van der Waals surface area contributed by atoms with E-state index in [0.29, 0.717) is 0 Å². The van der Waals surface area contributed by atoms with Crippen molar-refractivity contribution in [3.8, 4) is 5.75 Å². The van der Waals surface area contributed by atoms with Gasteiger partial charge < -0.3 is 14.4 Å². The highest BCUT2D eigenvalue weighted by molar-refractivity contribution is 5.90. The summed E-state index contributed by atoms with van der Waals surface area (Å²) in [7, 11) is 1.08. The summed E-state index contributed by atoms with van der Waals surface area (Å²) in [4.78, 5) is 22.8. The highest BCUT2D eigenvalue weighted by Gasteiger charge is 2.16. The molecule has 21 heavy (non-hydrogen) atoms. The van der Waals surface area contributed by atoms with Crippen molar-refractivity contribution >= 4 is 5.97 Å². The first-order chi connectivity index (χ1) is 9.92. The molecule has 0 aliphatic heterocycles. The second-order valence-electron chi connectivity index (χ2n) is 4.27. The summed E-state index contributed by atoms with van der Waals surface area (Å²) < 4.78 is 32.2. The summed E-state index contributed by atoms with van der Waals surface area (Å²) in [5.41, 5.74) is -0.897. The number of aromatic hydroxyl groups is 1. The summed E-state index contributed by atoms with van der Waals surface area (Å²) in [6.07, 6.45) is 0.938. The topological polar surface area (TPSA) is 68.5 Å². The standard InChI is InChI=1S/C14H11F2NO4/c1-21-14(20)10-5-12(18)8(4-11(10)16)6-17-7-9(15)2-3-13(17)19/h2-5,7,18H,6H2,1H3. The monoisotopic (exact) mass is 295 g/mol. The molecule has 0 saturated heterocycles. The van der Waals surface area contributed by atoms with Crippen molar-refractivity contribution < 1.29 is 23.4 Å². The van der Waals surface area contributed by atoms with Crippen LogP contribution in [0.15, 0.2) is 35.3 Å². The molecule has 0 radical (unpaired) electrons. The fourth-order valence-corrected chi connectivity index (χ4v) is 1.81. The zero-order chi connectivity index (χ0) is 15.6. The van der Waals surface area contributed by atoms with E-state index in [9.17, 15) is 23.5 Å². The number of pyridine rings is 1. The average Bonchev–Trinajstić information content (AvgIpc) is 2.45. The molecule has 1 aromatic carbocycles. The van der Waals surface area contributed by atoms with Gasteiger partial charge in [-0.3, -0.25) is 4.79 Å². The molecule has 0 atom stereocenters. The van der Waals surface area contributed by atoms with Gasteiger partial charge >= 0.3 is 5.97 Å². The number of hydrogen-bond donors (Lipinski definition) is 1. The quantitative estimate of drug-likeness (QED) is 0.875. The van der Waals surface area contributed by atoms with Gasteiger partial charge in [-0.2, -0.15) is 0 Å². The summed E-state index contributed by atoms with van der Waals surface area (Å²) in [6.45, 7) is -0.235. The third kappa shape index (κ3) is 3.07. The molecule has 2 aromatic rings. The van der Waals surface area contributed by atoms with Gasteiger partial charge in [-0.15, -0.1) is 0 Å². The number of benzene rings is 1. The SMILES string of the molecule is COC(=O)c1cc(O)c(Cn2cc(F)ccc2=O)cc1F. The lowest BCUT2D eigenvalue weighted by Gasteiger charge is -2.10. The fourth-order valence-electron chi connectivity index (χ4n) is 1.81. The van der Waals surface area contributed by atoms with Crippen molar-refractivity contribution in [2.45, 2.75) is 6.54 Å². The average molecular weight is 295 g/mol. The molecule has 0 saturated carbocycles. The Kier molecular flexibility index (Phi) is 4.02. The van der Waals surface area contributed by atoms with Crippen molar-refractivity contribution in [2.24, 2.45) is 0 Å². The predicted molar refractivity (Wildman–Crippen MR) is 69.2 cm³/mol. The molecular weight excluding hydrogens is 284 g/mol. The number of rotatable bonds is 3. The van der Waals surface area contributed by atoms with Crippen LogP contribution in [0.4, 0.5) is 8.78 Å². The first kappa shape index (κ1) is 14.7. The van der Waals surface area contributed by atoms with Crippen LogP contribution in [-0.4, -0.2) is 22.8 Å². The molecule has 110 valence electrons. The minimum absolute atomic E-state index is 0.0350. The Morgan fingerprint density at radius 1 is 1.33 bits per heavy atom. The van der Waals surface area contributed by atoms with E-state index in [1.807, 2.05) is 0 Å². The van der Waals surface area contributed by atoms with Crippen molar-refractivity contribution in [1.82, 2.24) is 4.57 Å². The summed E-state index contributed by atoms with van der Waals surface area (Å²) in [5, 5.41) is 9.80. The van der Waals surface area contributed by atoms with Crippen LogP contribution in [0.25, 0.3) is 0 Å². The Morgan fingerprint density at radius 3 is 2.71 bits per heavy atom. The van der Waals surface area contributed by atoms with E-state index in [-0.39, 0.29) is 12.1 Å². The second kappa shape index (κ2) is 5.74. The molecule has 7 heteroatoms. The molecule has 0 aliphatic rings. The van der Waals surface area contributed by atoms with E-state index in [0.717, 1.165) is 42.1 Å². The number of carbonyl (C=O) groups is 1. The Hall–Kier alpha value is -2.70. The molecule has 0 amide bonds. The Labute approximate surface area is 118 Å². The van der Waals surface area contributed by atoms with E-state index in [2.05, 4.69) is 4.74 Å². The van der Waals surface area contributed by atoms with Crippen LogP contribution >= 0.6 is 0 Å². The van der Waals surface area contributed by atoms with E-state index < -0.39 is 34.5 Å². The Bertz CT molecular complexity index is 755. The van der Waals surface area contributed by atoms with Gasteiger partial charge in [0.05, 0.1) is 19.2 Å². The zero-order valence-electron chi connectivity index (χ0n) is 11.0. The first-order valence-corrected chi connectivity index (χ1v) is 5.88. The van der Waals surface area contributed by atoms with Crippen LogP contribution in [0, 0.1) is 11.6 Å². The van der Waals surface area contributed by atoms with Crippen LogP contribution < -0.4 is 5.56 Å². The summed E-state index contributed by atoms with van der Waals surface area (Å²) in [5.74, 6) is -2.87. The van der Waals surface area contributed by atoms with E-state index in [1.165, 1.54) is 0 Å². The highest BCUT2D eigenvalue weighted by atomic mass is 19.1. The van der Waals surface area contributed by atoms with Gasteiger partial charge in [0, 0.05) is 17.8 Å². The maximum Gasteiger partial charge on any atom is 0.340 e. The minimum Gasteiger partial charge on any atom is -0.508 e. The van der Waals surface area contributed by atoms with Crippen LogP contribution in [0.3, 0.4) is 0 Å². The third-order valence-electron chi connectivity index (χ3n) is 2.86. The van der Waals surface area contributed by atoms with Gasteiger partial charge in [0.25, 0.3) is 5.56 Å². The fraction of sp³-hybridized carbons (Fsp3) is 0.143. The summed E-state index contributed by atoms with van der Waals surface area (Å²) >= 11 is 0. The number of methoxy groups -OCH3 is 1. The van der Waals surface area contributed by atoms with Crippen LogP contribution in [0.1, 0.15) is 15.9 Å². The maximum atomic E-state index is 13.8. The smallest absolute Gasteiger partial charge is 0.340 e. The zero-order valence-corrected chi connectivity index (χ0v) is 11.0. The van der Waals surface area contributed by atoms with Crippen molar-refractivity contribution in [1.29, 1.82) is 0 Å². The molecule has 0 aliphatic carbocycles. The number of hydrogen-bond acceptors (Lipinski definition) is 4. The van der Waals surface area contributed by atoms with Gasteiger partial charge in [0.15, 0.2) is 0 Å². The van der Waals surface area contributed by atoms with E-state index in [4.69, 9.17) is 0 Å². The molecule has 0 bridgehead atoms. The molecule has 1 N–H and O–H groups in total. The lowest BCUT2D eigenvalue weighted by atomic mass is 10.1. The number of esters is 1. The molecular formula is C14H11F2NO4. The van der Waals surface area contributed by atoms with Crippen molar-refractivity contribution in [3.05, 3.63) is 63.6 Å². The number of nitrogens with zero attached hydrogens (tertiary/aromatic N) is 1. The molecule has 1 aromatic heterocycles. The first-order valence-electron chi connectivity index (χ1n) is 5.88. The molecule has 0 fully saturated rings. The number of halogens is 2. The maximum absolute atomic E-state index is 13.8.